The maximum absolute atomic E-state index is 11.7. The molecule has 0 fully saturated rings. The van der Waals surface area contributed by atoms with Gasteiger partial charge in [-0.1, -0.05) is 0 Å². The molecule has 0 atom stereocenters. The number of amides is 1. The van der Waals surface area contributed by atoms with E-state index in [1.165, 1.54) is 12.1 Å². The Bertz CT molecular complexity index is 659. The number of carbonyl (C=O) groups excluding carboxylic acids is 1. The minimum absolute atomic E-state index is 0.0293. The van der Waals surface area contributed by atoms with Crippen LogP contribution >= 0.6 is 0 Å². The van der Waals surface area contributed by atoms with Gasteiger partial charge in [-0.05, 0) is 24.6 Å². The number of ether oxygens (including phenoxy) is 1. The van der Waals surface area contributed by atoms with Gasteiger partial charge in [-0.25, -0.2) is 13.6 Å². The van der Waals surface area contributed by atoms with E-state index in [0.717, 1.165) is 6.07 Å². The second-order valence-corrected chi connectivity index (χ2v) is 5.93. The second-order valence-electron chi connectivity index (χ2n) is 4.40. The Hall–Kier alpha value is -2.17. The van der Waals surface area contributed by atoms with Gasteiger partial charge in [-0.3, -0.25) is 15.5 Å². The maximum Gasteiger partial charge on any atom is 0.257 e. The molecule has 0 saturated heterocycles. The van der Waals surface area contributed by atoms with Crippen LogP contribution in [-0.4, -0.2) is 40.5 Å². The lowest BCUT2D eigenvalue weighted by Gasteiger charge is -2.12. The fourth-order valence-corrected chi connectivity index (χ4v) is 2.42. The van der Waals surface area contributed by atoms with Gasteiger partial charge in [0.1, 0.15) is 4.90 Å². The molecule has 1 amide bonds. The third-order valence-electron chi connectivity index (χ3n) is 2.64. The number of nitrogens with two attached hydrogens (primary N) is 2. The summed E-state index contributed by atoms with van der Waals surface area (Å²) in [5, 5.41) is 17.2. The SMILES string of the molecule is COCCCNc1ccc(C(=O)NC(=N)N)cc1S(N)(=O)=O. The highest BCUT2D eigenvalue weighted by atomic mass is 32.2. The van der Waals surface area contributed by atoms with Crippen LogP contribution in [-0.2, 0) is 14.8 Å². The summed E-state index contributed by atoms with van der Waals surface area (Å²) >= 11 is 0. The third kappa shape index (κ3) is 5.31. The van der Waals surface area contributed by atoms with Crippen molar-refractivity contribution < 1.29 is 17.9 Å². The van der Waals surface area contributed by atoms with Crippen molar-refractivity contribution >= 4 is 27.6 Å². The predicted molar refractivity (Wildman–Crippen MR) is 82.2 cm³/mol. The number of rotatable bonds is 7. The van der Waals surface area contributed by atoms with Crippen molar-refractivity contribution in [2.24, 2.45) is 10.9 Å². The lowest BCUT2D eigenvalue weighted by molar-refractivity contribution is 0.0976. The van der Waals surface area contributed by atoms with Gasteiger partial charge in [0, 0.05) is 25.8 Å². The highest BCUT2D eigenvalue weighted by Crippen LogP contribution is 2.21. The fraction of sp³-hybridized carbons (Fsp3) is 0.333. The van der Waals surface area contributed by atoms with Crippen molar-refractivity contribution in [1.29, 1.82) is 5.41 Å². The first-order valence-electron chi connectivity index (χ1n) is 6.30. The van der Waals surface area contributed by atoms with Crippen LogP contribution in [0.1, 0.15) is 16.8 Å². The molecule has 0 aliphatic carbocycles. The maximum atomic E-state index is 11.7. The summed E-state index contributed by atoms with van der Waals surface area (Å²) in [7, 11) is -2.45. The number of benzene rings is 1. The van der Waals surface area contributed by atoms with Gasteiger partial charge in [0.15, 0.2) is 5.96 Å². The van der Waals surface area contributed by atoms with Crippen LogP contribution in [0.25, 0.3) is 0 Å². The number of primary sulfonamides is 1. The molecular formula is C12H19N5O4S. The zero-order valence-corrected chi connectivity index (χ0v) is 12.9. The molecule has 0 aromatic heterocycles. The van der Waals surface area contributed by atoms with Crippen molar-refractivity contribution in [2.75, 3.05) is 25.6 Å². The molecule has 0 unspecified atom stereocenters. The number of guanidine groups is 1. The van der Waals surface area contributed by atoms with Crippen molar-refractivity contribution in [2.45, 2.75) is 11.3 Å². The van der Waals surface area contributed by atoms with Crippen molar-refractivity contribution in [3.05, 3.63) is 23.8 Å². The first-order chi connectivity index (χ1) is 10.3. The molecule has 122 valence electrons. The Morgan fingerprint density at radius 3 is 2.64 bits per heavy atom. The van der Waals surface area contributed by atoms with E-state index in [0.29, 0.717) is 19.6 Å². The highest BCUT2D eigenvalue weighted by molar-refractivity contribution is 7.89. The van der Waals surface area contributed by atoms with E-state index in [2.05, 4.69) is 10.6 Å². The van der Waals surface area contributed by atoms with Crippen LogP contribution in [0.3, 0.4) is 0 Å². The predicted octanol–water partition coefficient (Wildman–Crippen LogP) is -0.594. The number of anilines is 1. The van der Waals surface area contributed by atoms with Crippen LogP contribution in [0.4, 0.5) is 5.69 Å². The molecule has 0 spiro atoms. The molecule has 0 heterocycles. The lowest BCUT2D eigenvalue weighted by atomic mass is 10.2. The smallest absolute Gasteiger partial charge is 0.257 e. The summed E-state index contributed by atoms with van der Waals surface area (Å²) in [5.74, 6) is -1.23. The topological polar surface area (TPSA) is 160 Å². The van der Waals surface area contributed by atoms with E-state index in [-0.39, 0.29) is 16.1 Å². The molecule has 0 saturated carbocycles. The summed E-state index contributed by atoms with van der Waals surface area (Å²) in [6.45, 7) is 1.01. The molecule has 1 aromatic rings. The van der Waals surface area contributed by atoms with Crippen LogP contribution in [0.15, 0.2) is 23.1 Å². The largest absolute Gasteiger partial charge is 0.385 e. The molecule has 0 bridgehead atoms. The van der Waals surface area contributed by atoms with E-state index < -0.39 is 21.9 Å². The van der Waals surface area contributed by atoms with Gasteiger partial charge in [0.05, 0.1) is 5.69 Å². The fourth-order valence-electron chi connectivity index (χ4n) is 1.68. The average Bonchev–Trinajstić information content (AvgIpc) is 2.42. The Morgan fingerprint density at radius 2 is 2.09 bits per heavy atom. The van der Waals surface area contributed by atoms with Gasteiger partial charge >= 0.3 is 0 Å². The molecular weight excluding hydrogens is 310 g/mol. The van der Waals surface area contributed by atoms with Gasteiger partial charge < -0.3 is 15.8 Å². The van der Waals surface area contributed by atoms with E-state index in [1.807, 2.05) is 0 Å². The highest BCUT2D eigenvalue weighted by Gasteiger charge is 2.17. The van der Waals surface area contributed by atoms with Crippen molar-refractivity contribution in [3.63, 3.8) is 0 Å². The number of methoxy groups -OCH3 is 1. The Morgan fingerprint density at radius 1 is 1.41 bits per heavy atom. The molecule has 7 N–H and O–H groups in total. The second kappa shape index (κ2) is 7.73. The van der Waals surface area contributed by atoms with Crippen molar-refractivity contribution in [3.8, 4) is 0 Å². The summed E-state index contributed by atoms with van der Waals surface area (Å²) in [6, 6.07) is 3.97. The quantitative estimate of drug-likeness (QED) is 0.255. The third-order valence-corrected chi connectivity index (χ3v) is 3.59. The monoisotopic (exact) mass is 329 g/mol. The zero-order chi connectivity index (χ0) is 16.8. The standard InChI is InChI=1S/C12H19N5O4S/c1-21-6-2-5-16-9-4-3-8(11(18)17-12(13)14)7-10(9)22(15,19)20/h3-4,7,16H,2,5-6H2,1H3,(H2,15,19,20)(H4,13,14,17,18). The molecule has 9 nitrogen and oxygen atoms in total. The first-order valence-corrected chi connectivity index (χ1v) is 7.85. The summed E-state index contributed by atoms with van der Waals surface area (Å²) in [4.78, 5) is 11.5. The van der Waals surface area contributed by atoms with Gasteiger partial charge in [-0.2, -0.15) is 0 Å². The van der Waals surface area contributed by atoms with E-state index >= 15 is 0 Å². The van der Waals surface area contributed by atoms with Crippen LogP contribution in [0.5, 0.6) is 0 Å². The Balaban J connectivity index is 3.04. The van der Waals surface area contributed by atoms with Crippen LogP contribution in [0.2, 0.25) is 0 Å². The number of nitrogens with one attached hydrogen (secondary N) is 3. The molecule has 10 heteroatoms. The zero-order valence-electron chi connectivity index (χ0n) is 12.0. The van der Waals surface area contributed by atoms with Gasteiger partial charge in [-0.15, -0.1) is 0 Å². The minimum atomic E-state index is -4.02. The summed E-state index contributed by atoms with van der Waals surface area (Å²) in [5.41, 5.74) is 5.38. The van der Waals surface area contributed by atoms with Crippen LogP contribution in [0, 0.1) is 5.41 Å². The van der Waals surface area contributed by atoms with Crippen LogP contribution < -0.4 is 21.5 Å². The van der Waals surface area contributed by atoms with Gasteiger partial charge in [0.25, 0.3) is 5.91 Å². The first kappa shape index (κ1) is 17.9. The Labute approximate surface area is 128 Å². The normalized spacial score (nSPS) is 11.0. The number of hydrogen-bond donors (Lipinski definition) is 5. The summed E-state index contributed by atoms with van der Waals surface area (Å²) < 4.78 is 28.2. The molecule has 0 aliphatic rings. The van der Waals surface area contributed by atoms with Crippen molar-refractivity contribution in [1.82, 2.24) is 5.32 Å². The summed E-state index contributed by atoms with van der Waals surface area (Å²) in [6.07, 6.45) is 0.674. The van der Waals surface area contributed by atoms with E-state index in [1.54, 1.807) is 7.11 Å². The average molecular weight is 329 g/mol. The Kier molecular flexibility index (Phi) is 6.28. The molecule has 1 rings (SSSR count). The van der Waals surface area contributed by atoms with E-state index in [9.17, 15) is 13.2 Å². The number of sulfonamides is 1. The molecule has 0 radical (unpaired) electrons. The molecule has 0 aliphatic heterocycles. The van der Waals surface area contributed by atoms with E-state index in [4.69, 9.17) is 21.0 Å². The number of carbonyl (C=O) groups is 1. The molecule has 1 aromatic carbocycles. The van der Waals surface area contributed by atoms with Gasteiger partial charge in [0.2, 0.25) is 10.0 Å². The molecule has 22 heavy (non-hydrogen) atoms. The number of hydrogen-bond acceptors (Lipinski definition) is 6. The minimum Gasteiger partial charge on any atom is -0.385 e. The lowest BCUT2D eigenvalue weighted by Crippen LogP contribution is -2.35.